The highest BCUT2D eigenvalue weighted by Gasteiger charge is 2.24. The number of benzene rings is 2. The summed E-state index contributed by atoms with van der Waals surface area (Å²) in [5.74, 6) is -1.72. The lowest BCUT2D eigenvalue weighted by atomic mass is 10.0. The lowest BCUT2D eigenvalue weighted by Crippen LogP contribution is -2.41. The van der Waals surface area contributed by atoms with Gasteiger partial charge in [-0.3, -0.25) is 9.59 Å². The molecule has 190 valence electrons. The Morgan fingerprint density at radius 1 is 1.00 bits per heavy atom. The van der Waals surface area contributed by atoms with E-state index in [1.54, 1.807) is 24.3 Å². The summed E-state index contributed by atoms with van der Waals surface area (Å²) in [6.45, 7) is 1.33. The van der Waals surface area contributed by atoms with Crippen LogP contribution >= 0.6 is 46.4 Å². The van der Waals surface area contributed by atoms with Crippen LogP contribution in [0.1, 0.15) is 24.1 Å². The minimum atomic E-state index is -1.32. The van der Waals surface area contributed by atoms with Gasteiger partial charge >= 0.3 is 5.76 Å². The fourth-order valence-electron chi connectivity index (χ4n) is 3.51. The third-order valence-electron chi connectivity index (χ3n) is 5.21. The number of aromatic nitrogens is 2. The number of carbonyl (C=O) groups excluding carboxylic acids is 1. The zero-order valence-electron chi connectivity index (χ0n) is 19.1. The van der Waals surface area contributed by atoms with E-state index in [0.717, 1.165) is 0 Å². The summed E-state index contributed by atoms with van der Waals surface area (Å²) in [4.78, 5) is 42.6. The number of hydrogen-bond acceptors (Lipinski definition) is 7. The molecule has 0 radical (unpaired) electrons. The first-order valence-corrected chi connectivity index (χ1v) is 12.0. The zero-order chi connectivity index (χ0) is 26.9. The molecular weight excluding hydrogens is 566 g/mol. The van der Waals surface area contributed by atoms with Crippen LogP contribution < -0.4 is 21.5 Å². The molecule has 0 aliphatic heterocycles. The number of nitrogens with zero attached hydrogens (tertiary/aromatic N) is 3. The van der Waals surface area contributed by atoms with E-state index in [-0.39, 0.29) is 22.6 Å². The highest BCUT2D eigenvalue weighted by atomic mass is 35.5. The van der Waals surface area contributed by atoms with Gasteiger partial charge in [-0.1, -0.05) is 46.4 Å². The van der Waals surface area contributed by atoms with Gasteiger partial charge in [-0.2, -0.15) is 5.10 Å². The molecule has 0 fully saturated rings. The van der Waals surface area contributed by atoms with Crippen molar-refractivity contribution in [3.8, 4) is 5.75 Å². The lowest BCUT2D eigenvalue weighted by Gasteiger charge is -2.14. The second kappa shape index (κ2) is 10.9. The number of pyridine rings is 1. The molecule has 9 nitrogen and oxygen atoms in total. The lowest BCUT2D eigenvalue weighted by molar-refractivity contribution is -0.124. The van der Waals surface area contributed by atoms with Crippen LogP contribution in [0.5, 0.6) is 5.75 Å². The predicted octanol–water partition coefficient (Wildman–Crippen LogP) is 5.10. The maximum atomic E-state index is 13.0. The van der Waals surface area contributed by atoms with Gasteiger partial charge in [-0.25, -0.2) is 19.8 Å². The average Bonchev–Trinajstić information content (AvgIpc) is 2.82. The van der Waals surface area contributed by atoms with Gasteiger partial charge in [0.05, 0.1) is 12.8 Å². The molecule has 0 aliphatic carbocycles. The number of rotatable bonds is 6. The summed E-state index contributed by atoms with van der Waals surface area (Å²) in [6.07, 6.45) is 1.32. The molecule has 0 aliphatic rings. The number of ether oxygens (including phenoxy) is 1. The molecule has 0 saturated heterocycles. The van der Waals surface area contributed by atoms with E-state index in [1.807, 2.05) is 0 Å². The van der Waals surface area contributed by atoms with Gasteiger partial charge in [0.1, 0.15) is 6.04 Å². The maximum Gasteiger partial charge on any atom is 0.423 e. The number of carbonyl (C=O) groups is 1. The van der Waals surface area contributed by atoms with Crippen LogP contribution in [0.2, 0.25) is 20.1 Å². The quantitative estimate of drug-likeness (QED) is 0.250. The highest BCUT2D eigenvalue weighted by Crippen LogP contribution is 2.25. The van der Waals surface area contributed by atoms with Crippen LogP contribution in [0.15, 0.2) is 67.8 Å². The number of fused-ring (bicyclic) bond motifs is 1. The Hall–Kier alpha value is -3.37. The van der Waals surface area contributed by atoms with Crippen LogP contribution in [0.4, 0.5) is 0 Å². The Balaban J connectivity index is 1.76. The summed E-state index contributed by atoms with van der Waals surface area (Å²) in [6, 6.07) is 9.50. The van der Waals surface area contributed by atoms with Crippen molar-refractivity contribution in [3.05, 3.63) is 101 Å². The Labute approximate surface area is 229 Å². The van der Waals surface area contributed by atoms with Crippen LogP contribution in [0.25, 0.3) is 11.1 Å². The Kier molecular flexibility index (Phi) is 7.89. The summed E-state index contributed by atoms with van der Waals surface area (Å²) < 4.78 is 11.0. The number of nitrogens with one attached hydrogen (secondary N) is 1. The van der Waals surface area contributed by atoms with Crippen LogP contribution in [0, 0.1) is 0 Å². The van der Waals surface area contributed by atoms with Gasteiger partial charge in [-0.15, -0.1) is 0 Å². The molecule has 1 N–H and O–H groups in total. The van der Waals surface area contributed by atoms with Gasteiger partial charge in [-0.05, 0) is 43.3 Å². The summed E-state index contributed by atoms with van der Waals surface area (Å²) in [7, 11) is 1.35. The second-order valence-electron chi connectivity index (χ2n) is 7.66. The van der Waals surface area contributed by atoms with Crippen molar-refractivity contribution in [2.45, 2.75) is 13.0 Å². The molecular formula is C24H16Cl4N4O5. The fourth-order valence-corrected chi connectivity index (χ4v) is 4.56. The first-order chi connectivity index (χ1) is 17.6. The monoisotopic (exact) mass is 580 g/mol. The van der Waals surface area contributed by atoms with E-state index in [4.69, 9.17) is 55.6 Å². The van der Waals surface area contributed by atoms with Crippen LogP contribution in [-0.4, -0.2) is 28.3 Å². The van der Waals surface area contributed by atoms with E-state index >= 15 is 0 Å². The molecule has 2 aromatic heterocycles. The van der Waals surface area contributed by atoms with E-state index < -0.39 is 23.3 Å². The zero-order valence-corrected chi connectivity index (χ0v) is 22.1. The molecule has 2 aromatic carbocycles. The molecule has 0 spiro atoms. The molecule has 4 rings (SSSR count). The van der Waals surface area contributed by atoms with Crippen molar-refractivity contribution >= 4 is 69.1 Å². The fraction of sp³-hybridized carbons (Fsp3) is 0.125. The molecule has 2 heterocycles. The first kappa shape index (κ1) is 26.7. The third kappa shape index (κ3) is 5.65. The Morgan fingerprint density at radius 3 is 2.05 bits per heavy atom. The third-order valence-corrected chi connectivity index (χ3v) is 6.09. The van der Waals surface area contributed by atoms with E-state index in [9.17, 15) is 14.4 Å². The largest absolute Gasteiger partial charge is 0.493 e. The van der Waals surface area contributed by atoms with Crippen LogP contribution in [0.3, 0.4) is 0 Å². The highest BCUT2D eigenvalue weighted by molar-refractivity contribution is 6.37. The molecule has 37 heavy (non-hydrogen) atoms. The van der Waals surface area contributed by atoms with Gasteiger partial charge in [0.25, 0.3) is 11.5 Å². The van der Waals surface area contributed by atoms with Crippen molar-refractivity contribution in [2.24, 2.45) is 5.10 Å². The number of methoxy groups -OCH3 is 1. The minimum absolute atomic E-state index is 0.125. The maximum absolute atomic E-state index is 13.0. The molecule has 13 heteroatoms. The molecule has 0 saturated carbocycles. The van der Waals surface area contributed by atoms with E-state index in [0.29, 0.717) is 35.8 Å². The van der Waals surface area contributed by atoms with Gasteiger partial charge in [0.15, 0.2) is 11.3 Å². The molecule has 1 amide bonds. The number of amides is 1. The van der Waals surface area contributed by atoms with Gasteiger partial charge < -0.3 is 9.15 Å². The SMILES string of the molecule is COc1ccnc2c(=O)n([C@@H](C)C(=O)NN=C(c3cc(Cl)cc(Cl)c3)c3cc(Cl)cc(Cl)c3)c(=O)oc12. The topological polar surface area (TPSA) is 116 Å². The first-order valence-electron chi connectivity index (χ1n) is 10.5. The number of halogens is 4. The van der Waals surface area contributed by atoms with Crippen molar-refractivity contribution in [2.75, 3.05) is 7.11 Å². The van der Waals surface area contributed by atoms with Crippen molar-refractivity contribution in [1.29, 1.82) is 0 Å². The standard InChI is InChI=1S/C24H16Cl4N4O5/c1-11(32-23(34)20-21(37-24(32)35)18(36-2)3-4-29-20)22(33)31-30-19(12-5-14(25)9-15(26)6-12)13-7-16(27)10-17(28)8-13/h3-11H,1-2H3,(H,31,33)/t11-/m0/s1. The molecule has 0 bridgehead atoms. The Morgan fingerprint density at radius 2 is 1.54 bits per heavy atom. The smallest absolute Gasteiger partial charge is 0.423 e. The van der Waals surface area contributed by atoms with Crippen LogP contribution in [-0.2, 0) is 4.79 Å². The molecule has 1 atom stereocenters. The Bertz CT molecular complexity index is 1590. The van der Waals surface area contributed by atoms with Gasteiger partial charge in [0, 0.05) is 43.5 Å². The molecule has 4 aromatic rings. The van der Waals surface area contributed by atoms with Crippen molar-refractivity contribution < 1.29 is 13.9 Å². The van der Waals surface area contributed by atoms with E-state index in [2.05, 4.69) is 15.5 Å². The summed E-state index contributed by atoms with van der Waals surface area (Å²) >= 11 is 24.7. The average molecular weight is 582 g/mol. The summed E-state index contributed by atoms with van der Waals surface area (Å²) in [5.41, 5.74) is 2.35. The predicted molar refractivity (Wildman–Crippen MR) is 143 cm³/mol. The minimum Gasteiger partial charge on any atom is -0.493 e. The second-order valence-corrected chi connectivity index (χ2v) is 9.41. The molecule has 0 unspecified atom stereocenters. The van der Waals surface area contributed by atoms with Crippen molar-refractivity contribution in [1.82, 2.24) is 15.0 Å². The summed E-state index contributed by atoms with van der Waals surface area (Å²) in [5, 5.41) is 5.52. The normalized spacial score (nSPS) is 11.7. The number of hydrogen-bond donors (Lipinski definition) is 1. The number of hydrazone groups is 1. The van der Waals surface area contributed by atoms with E-state index in [1.165, 1.54) is 38.4 Å². The van der Waals surface area contributed by atoms with Gasteiger partial charge in [0.2, 0.25) is 5.58 Å². The van der Waals surface area contributed by atoms with Crippen molar-refractivity contribution in [3.63, 3.8) is 0 Å².